The van der Waals surface area contributed by atoms with Crippen LogP contribution in [0.1, 0.15) is 56.7 Å². The second-order valence-electron chi connectivity index (χ2n) is 4.90. The molecule has 0 saturated carbocycles. The van der Waals surface area contributed by atoms with E-state index in [4.69, 9.17) is 0 Å². The summed E-state index contributed by atoms with van der Waals surface area (Å²) in [4.78, 5) is 11.3. The summed E-state index contributed by atoms with van der Waals surface area (Å²) in [5, 5.41) is 12.3. The molecule has 1 atom stereocenters. The van der Waals surface area contributed by atoms with Crippen molar-refractivity contribution >= 4 is 5.97 Å². The normalized spacial score (nSPS) is 12.7. The van der Waals surface area contributed by atoms with E-state index in [2.05, 4.69) is 26.1 Å². The van der Waals surface area contributed by atoms with Crippen LogP contribution in [0.3, 0.4) is 0 Å². The highest BCUT2D eigenvalue weighted by Gasteiger charge is 2.18. The molecule has 0 aromatic heterocycles. The second-order valence-corrected chi connectivity index (χ2v) is 4.90. The number of hydrogen-bond acceptors (Lipinski definition) is 2. The van der Waals surface area contributed by atoms with Crippen LogP contribution in [0.2, 0.25) is 0 Å². The summed E-state index contributed by atoms with van der Waals surface area (Å²) in [6.07, 6.45) is 2.06. The Labute approximate surface area is 109 Å². The maximum Gasteiger partial charge on any atom is 0.325 e. The summed E-state index contributed by atoms with van der Waals surface area (Å²) in [5.41, 5.74) is 2.06. The minimum Gasteiger partial charge on any atom is -0.480 e. The largest absolute Gasteiger partial charge is 0.480 e. The first-order valence-electron chi connectivity index (χ1n) is 6.62. The Morgan fingerprint density at radius 1 is 1.22 bits per heavy atom. The molecule has 1 aromatic carbocycles. The smallest absolute Gasteiger partial charge is 0.325 e. The molecule has 0 fully saturated rings. The maximum absolute atomic E-state index is 11.3. The molecular weight excluding hydrogens is 226 g/mol. The first-order valence-corrected chi connectivity index (χ1v) is 6.62. The number of carbonyl (C=O) groups is 1. The zero-order valence-corrected chi connectivity index (χ0v) is 11.4. The molecule has 3 nitrogen and oxygen atoms in total. The van der Waals surface area contributed by atoms with Crippen LogP contribution in [0, 0.1) is 0 Å². The van der Waals surface area contributed by atoms with Gasteiger partial charge >= 0.3 is 5.97 Å². The average molecular weight is 249 g/mol. The fraction of sp³-hybridized carbons (Fsp3) is 0.533. The number of rotatable bonds is 7. The molecule has 2 N–H and O–H groups in total. The van der Waals surface area contributed by atoms with E-state index in [9.17, 15) is 9.90 Å². The van der Waals surface area contributed by atoms with E-state index in [-0.39, 0.29) is 0 Å². The lowest BCUT2D eigenvalue weighted by atomic mass is 9.99. The third-order valence-corrected chi connectivity index (χ3v) is 3.06. The molecule has 0 bridgehead atoms. The Morgan fingerprint density at radius 2 is 1.78 bits per heavy atom. The SMILES string of the molecule is CCCCNC(C(=O)O)c1ccc(C(C)C)cc1. The summed E-state index contributed by atoms with van der Waals surface area (Å²) >= 11 is 0. The summed E-state index contributed by atoms with van der Waals surface area (Å²) in [5.74, 6) is -0.348. The van der Waals surface area contributed by atoms with E-state index in [1.54, 1.807) is 0 Å². The van der Waals surface area contributed by atoms with Gasteiger partial charge in [0.1, 0.15) is 6.04 Å². The van der Waals surface area contributed by atoms with Crippen LogP contribution in [0.4, 0.5) is 0 Å². The Bertz CT molecular complexity index is 371. The summed E-state index contributed by atoms with van der Waals surface area (Å²) in [6, 6.07) is 7.24. The molecule has 3 heteroatoms. The monoisotopic (exact) mass is 249 g/mol. The lowest BCUT2D eigenvalue weighted by Crippen LogP contribution is -2.29. The van der Waals surface area contributed by atoms with Crippen molar-refractivity contribution < 1.29 is 9.90 Å². The fourth-order valence-electron chi connectivity index (χ4n) is 1.84. The molecule has 0 aliphatic rings. The van der Waals surface area contributed by atoms with Gasteiger partial charge in [0.05, 0.1) is 0 Å². The predicted octanol–water partition coefficient (Wildman–Crippen LogP) is 3.33. The van der Waals surface area contributed by atoms with Crippen LogP contribution in [0.25, 0.3) is 0 Å². The topological polar surface area (TPSA) is 49.3 Å². The third-order valence-electron chi connectivity index (χ3n) is 3.06. The van der Waals surface area contributed by atoms with Crippen LogP contribution >= 0.6 is 0 Å². The summed E-state index contributed by atoms with van der Waals surface area (Å²) in [7, 11) is 0. The predicted molar refractivity (Wildman–Crippen MR) is 73.8 cm³/mol. The Hall–Kier alpha value is -1.35. The zero-order chi connectivity index (χ0) is 13.5. The molecule has 1 aromatic rings. The minimum absolute atomic E-state index is 0.468. The van der Waals surface area contributed by atoms with Crippen molar-refractivity contribution in [1.29, 1.82) is 0 Å². The van der Waals surface area contributed by atoms with Crippen molar-refractivity contribution in [3.05, 3.63) is 35.4 Å². The van der Waals surface area contributed by atoms with E-state index in [1.165, 1.54) is 5.56 Å². The minimum atomic E-state index is -0.816. The molecule has 0 heterocycles. The van der Waals surface area contributed by atoms with Gasteiger partial charge < -0.3 is 10.4 Å². The Morgan fingerprint density at radius 3 is 2.22 bits per heavy atom. The lowest BCUT2D eigenvalue weighted by Gasteiger charge is -2.15. The van der Waals surface area contributed by atoms with Crippen molar-refractivity contribution in [3.63, 3.8) is 0 Å². The van der Waals surface area contributed by atoms with Crippen LogP contribution < -0.4 is 5.32 Å². The van der Waals surface area contributed by atoms with E-state index in [1.807, 2.05) is 24.3 Å². The van der Waals surface area contributed by atoms with E-state index in [0.717, 1.165) is 24.9 Å². The van der Waals surface area contributed by atoms with Gasteiger partial charge in [-0.3, -0.25) is 4.79 Å². The third kappa shape index (κ3) is 4.15. The van der Waals surface area contributed by atoms with Crippen molar-refractivity contribution in [2.45, 2.75) is 45.6 Å². The molecule has 0 aliphatic heterocycles. The highest BCUT2D eigenvalue weighted by atomic mass is 16.4. The Balaban J connectivity index is 2.76. The van der Waals surface area contributed by atoms with Gasteiger partial charge in [-0.15, -0.1) is 0 Å². The molecule has 100 valence electrons. The van der Waals surface area contributed by atoms with Gasteiger partial charge in [-0.2, -0.15) is 0 Å². The van der Waals surface area contributed by atoms with Crippen molar-refractivity contribution in [1.82, 2.24) is 5.32 Å². The van der Waals surface area contributed by atoms with E-state index < -0.39 is 12.0 Å². The van der Waals surface area contributed by atoms with Gasteiger partial charge in [-0.1, -0.05) is 51.5 Å². The molecule has 0 saturated heterocycles. The highest BCUT2D eigenvalue weighted by Crippen LogP contribution is 2.19. The number of benzene rings is 1. The number of carboxylic acids is 1. The molecule has 1 unspecified atom stereocenters. The summed E-state index contributed by atoms with van der Waals surface area (Å²) in [6.45, 7) is 7.08. The number of unbranched alkanes of at least 4 members (excludes halogenated alkanes) is 1. The summed E-state index contributed by atoms with van der Waals surface area (Å²) < 4.78 is 0. The average Bonchev–Trinajstić information content (AvgIpc) is 2.34. The quantitative estimate of drug-likeness (QED) is 0.729. The highest BCUT2D eigenvalue weighted by molar-refractivity contribution is 5.75. The first-order chi connectivity index (χ1) is 8.56. The number of hydrogen-bond donors (Lipinski definition) is 2. The van der Waals surface area contributed by atoms with Gasteiger partial charge in [0.25, 0.3) is 0 Å². The van der Waals surface area contributed by atoms with Crippen LogP contribution in [-0.4, -0.2) is 17.6 Å². The maximum atomic E-state index is 11.3. The van der Waals surface area contributed by atoms with Gasteiger partial charge in [-0.05, 0) is 30.0 Å². The van der Waals surface area contributed by atoms with Gasteiger partial charge in [0.2, 0.25) is 0 Å². The standard InChI is InChI=1S/C15H23NO2/c1-4-5-10-16-14(15(17)18)13-8-6-12(7-9-13)11(2)3/h6-9,11,14,16H,4-5,10H2,1-3H3,(H,17,18). The van der Waals surface area contributed by atoms with Crippen molar-refractivity contribution in [2.24, 2.45) is 0 Å². The van der Waals surface area contributed by atoms with Crippen molar-refractivity contribution in [3.8, 4) is 0 Å². The van der Waals surface area contributed by atoms with Crippen LogP contribution in [0.5, 0.6) is 0 Å². The second kappa shape index (κ2) is 7.17. The first kappa shape index (κ1) is 14.7. The van der Waals surface area contributed by atoms with Crippen molar-refractivity contribution in [2.75, 3.05) is 6.54 Å². The molecular formula is C15H23NO2. The van der Waals surface area contributed by atoms with E-state index >= 15 is 0 Å². The molecule has 0 spiro atoms. The number of aliphatic carboxylic acids is 1. The lowest BCUT2D eigenvalue weighted by molar-refractivity contribution is -0.139. The Kier molecular flexibility index (Phi) is 5.86. The van der Waals surface area contributed by atoms with Gasteiger partial charge in [0, 0.05) is 0 Å². The number of nitrogens with one attached hydrogen (secondary N) is 1. The van der Waals surface area contributed by atoms with Gasteiger partial charge in [0.15, 0.2) is 0 Å². The van der Waals surface area contributed by atoms with Gasteiger partial charge in [-0.25, -0.2) is 0 Å². The van der Waals surface area contributed by atoms with Crippen LogP contribution in [0.15, 0.2) is 24.3 Å². The fourth-order valence-corrected chi connectivity index (χ4v) is 1.84. The van der Waals surface area contributed by atoms with E-state index in [0.29, 0.717) is 5.92 Å². The molecule has 0 radical (unpaired) electrons. The van der Waals surface area contributed by atoms with Crippen LogP contribution in [-0.2, 0) is 4.79 Å². The molecule has 0 amide bonds. The zero-order valence-electron chi connectivity index (χ0n) is 11.4. The number of carboxylic acid groups (broad SMARTS) is 1. The molecule has 18 heavy (non-hydrogen) atoms. The molecule has 0 aliphatic carbocycles. The molecule has 1 rings (SSSR count).